The van der Waals surface area contributed by atoms with Crippen LogP contribution in [0, 0.1) is 19.7 Å². The molecule has 0 aliphatic carbocycles. The number of rotatable bonds is 2. The Morgan fingerprint density at radius 2 is 2.05 bits per heavy atom. The Kier molecular flexibility index (Phi) is 3.59. The van der Waals surface area contributed by atoms with Crippen LogP contribution in [-0.4, -0.2) is 27.7 Å². The Morgan fingerprint density at radius 3 is 2.76 bits per heavy atom. The first kappa shape index (κ1) is 13.9. The average molecular weight is 287 g/mol. The highest BCUT2D eigenvalue weighted by atomic mass is 19.1. The van der Waals surface area contributed by atoms with Crippen molar-refractivity contribution in [1.29, 1.82) is 0 Å². The van der Waals surface area contributed by atoms with Crippen LogP contribution in [0.1, 0.15) is 29.5 Å². The fraction of sp³-hybridized carbons (Fsp3) is 0.375. The minimum Gasteiger partial charge on any atom is -0.391 e. The lowest BCUT2D eigenvalue weighted by molar-refractivity contribution is 0.194. The number of β-amino-alcohol motifs (C(OH)–C–C–N with tert-alkyl or cyclic N) is 1. The molecule has 1 aliphatic heterocycles. The first-order valence-corrected chi connectivity index (χ1v) is 7.05. The summed E-state index contributed by atoms with van der Waals surface area (Å²) in [7, 11) is 0. The standard InChI is InChI=1S/C16H18FN3O/c1-10-6-16(19-11(2)18-10)20-9-14(21)8-15(20)12-4-3-5-13(17)7-12/h3-7,14-15,21H,8-9H2,1-2H3. The maximum Gasteiger partial charge on any atom is 0.133 e. The maximum absolute atomic E-state index is 13.5. The van der Waals surface area contributed by atoms with Crippen molar-refractivity contribution in [1.82, 2.24) is 9.97 Å². The molecule has 3 rings (SSSR count). The van der Waals surface area contributed by atoms with Gasteiger partial charge in [-0.05, 0) is 38.0 Å². The van der Waals surface area contributed by atoms with E-state index in [0.29, 0.717) is 18.8 Å². The number of benzene rings is 1. The van der Waals surface area contributed by atoms with Gasteiger partial charge in [-0.3, -0.25) is 0 Å². The van der Waals surface area contributed by atoms with Crippen molar-refractivity contribution >= 4 is 5.82 Å². The molecule has 110 valence electrons. The Labute approximate surface area is 123 Å². The minimum absolute atomic E-state index is 0.0654. The predicted molar refractivity (Wildman–Crippen MR) is 78.6 cm³/mol. The van der Waals surface area contributed by atoms with Gasteiger partial charge < -0.3 is 10.0 Å². The fourth-order valence-electron chi connectivity index (χ4n) is 2.94. The van der Waals surface area contributed by atoms with E-state index in [9.17, 15) is 9.50 Å². The first-order chi connectivity index (χ1) is 10.0. The molecular formula is C16H18FN3O. The summed E-state index contributed by atoms with van der Waals surface area (Å²) in [6.45, 7) is 4.26. The molecule has 2 unspecified atom stereocenters. The summed E-state index contributed by atoms with van der Waals surface area (Å²) >= 11 is 0. The number of anilines is 1. The van der Waals surface area contributed by atoms with Crippen LogP contribution < -0.4 is 4.90 Å². The summed E-state index contributed by atoms with van der Waals surface area (Å²) in [6.07, 6.45) is 0.139. The summed E-state index contributed by atoms with van der Waals surface area (Å²) in [4.78, 5) is 10.8. The highest BCUT2D eigenvalue weighted by Gasteiger charge is 2.33. The summed E-state index contributed by atoms with van der Waals surface area (Å²) in [5.41, 5.74) is 1.75. The van der Waals surface area contributed by atoms with Crippen LogP contribution in [0.3, 0.4) is 0 Å². The Bertz CT molecular complexity index is 641. The van der Waals surface area contributed by atoms with Crippen molar-refractivity contribution in [3.8, 4) is 0 Å². The number of aromatic nitrogens is 2. The Balaban J connectivity index is 1.99. The highest BCUT2D eigenvalue weighted by molar-refractivity contribution is 5.45. The van der Waals surface area contributed by atoms with Crippen molar-refractivity contribution in [2.24, 2.45) is 0 Å². The molecule has 0 spiro atoms. The van der Waals surface area contributed by atoms with E-state index in [-0.39, 0.29) is 11.9 Å². The molecule has 1 fully saturated rings. The average Bonchev–Trinajstić information content (AvgIpc) is 2.80. The lowest BCUT2D eigenvalue weighted by Gasteiger charge is -2.26. The largest absolute Gasteiger partial charge is 0.391 e. The van der Waals surface area contributed by atoms with Gasteiger partial charge in [-0.25, -0.2) is 14.4 Å². The van der Waals surface area contributed by atoms with E-state index in [1.165, 1.54) is 12.1 Å². The molecule has 1 aromatic heterocycles. The molecule has 21 heavy (non-hydrogen) atoms. The van der Waals surface area contributed by atoms with Crippen LogP contribution in [0.2, 0.25) is 0 Å². The fourth-order valence-corrected chi connectivity index (χ4v) is 2.94. The minimum atomic E-state index is -0.436. The third kappa shape index (κ3) is 2.88. The molecule has 2 heterocycles. The predicted octanol–water partition coefficient (Wildman–Crippen LogP) is 2.54. The number of aliphatic hydroxyl groups excluding tert-OH is 1. The molecule has 1 saturated heterocycles. The van der Waals surface area contributed by atoms with Crippen LogP contribution in [0.25, 0.3) is 0 Å². The second-order valence-electron chi connectivity index (χ2n) is 5.53. The van der Waals surface area contributed by atoms with Crippen LogP contribution in [0.5, 0.6) is 0 Å². The molecule has 0 amide bonds. The molecule has 0 saturated carbocycles. The third-order valence-corrected chi connectivity index (χ3v) is 3.76. The molecule has 2 aromatic rings. The molecule has 2 atom stereocenters. The normalized spacial score (nSPS) is 21.8. The van der Waals surface area contributed by atoms with E-state index < -0.39 is 6.10 Å². The number of hydrogen-bond donors (Lipinski definition) is 1. The number of nitrogens with zero attached hydrogens (tertiary/aromatic N) is 3. The third-order valence-electron chi connectivity index (χ3n) is 3.76. The zero-order valence-corrected chi connectivity index (χ0v) is 12.1. The van der Waals surface area contributed by atoms with E-state index in [0.717, 1.165) is 17.1 Å². The van der Waals surface area contributed by atoms with Gasteiger partial charge in [0.2, 0.25) is 0 Å². The van der Waals surface area contributed by atoms with Gasteiger partial charge in [-0.1, -0.05) is 12.1 Å². The summed E-state index contributed by atoms with van der Waals surface area (Å²) in [5, 5.41) is 10.0. The zero-order valence-electron chi connectivity index (χ0n) is 12.1. The Hall–Kier alpha value is -2.01. The summed E-state index contributed by atoms with van der Waals surface area (Å²) in [6, 6.07) is 8.37. The molecule has 5 heteroatoms. The van der Waals surface area contributed by atoms with Crippen molar-refractivity contribution in [3.05, 3.63) is 53.2 Å². The molecule has 0 bridgehead atoms. The van der Waals surface area contributed by atoms with Crippen LogP contribution in [0.15, 0.2) is 30.3 Å². The number of halogens is 1. The van der Waals surface area contributed by atoms with E-state index >= 15 is 0 Å². The van der Waals surface area contributed by atoms with E-state index in [4.69, 9.17) is 0 Å². The van der Waals surface area contributed by atoms with Crippen molar-refractivity contribution in [2.45, 2.75) is 32.4 Å². The van der Waals surface area contributed by atoms with Gasteiger partial charge in [0.05, 0.1) is 12.1 Å². The second kappa shape index (κ2) is 5.41. The van der Waals surface area contributed by atoms with Crippen molar-refractivity contribution in [3.63, 3.8) is 0 Å². The zero-order chi connectivity index (χ0) is 15.0. The smallest absolute Gasteiger partial charge is 0.133 e. The van der Waals surface area contributed by atoms with Gasteiger partial charge in [-0.15, -0.1) is 0 Å². The summed E-state index contributed by atoms with van der Waals surface area (Å²) in [5.74, 6) is 1.22. The molecule has 0 radical (unpaired) electrons. The van der Waals surface area contributed by atoms with Gasteiger partial charge in [0, 0.05) is 18.3 Å². The van der Waals surface area contributed by atoms with Gasteiger partial charge in [0.1, 0.15) is 17.5 Å². The quantitative estimate of drug-likeness (QED) is 0.922. The number of aryl methyl sites for hydroxylation is 2. The van der Waals surface area contributed by atoms with E-state index in [2.05, 4.69) is 9.97 Å². The topological polar surface area (TPSA) is 49.2 Å². The van der Waals surface area contributed by atoms with Crippen molar-refractivity contribution in [2.75, 3.05) is 11.4 Å². The van der Waals surface area contributed by atoms with Crippen LogP contribution in [0.4, 0.5) is 10.2 Å². The highest BCUT2D eigenvalue weighted by Crippen LogP contribution is 2.35. The maximum atomic E-state index is 13.5. The second-order valence-corrected chi connectivity index (χ2v) is 5.53. The number of hydrogen-bond acceptors (Lipinski definition) is 4. The van der Waals surface area contributed by atoms with Crippen molar-refractivity contribution < 1.29 is 9.50 Å². The lowest BCUT2D eigenvalue weighted by Crippen LogP contribution is -2.25. The first-order valence-electron chi connectivity index (χ1n) is 7.05. The van der Waals surface area contributed by atoms with E-state index in [1.54, 1.807) is 6.07 Å². The number of aliphatic hydroxyl groups is 1. The molecular weight excluding hydrogens is 269 g/mol. The van der Waals surface area contributed by atoms with E-state index in [1.807, 2.05) is 30.9 Å². The van der Waals surface area contributed by atoms with Crippen LogP contribution in [-0.2, 0) is 0 Å². The molecule has 1 N–H and O–H groups in total. The summed E-state index contributed by atoms with van der Waals surface area (Å²) < 4.78 is 13.5. The van der Waals surface area contributed by atoms with Gasteiger partial charge >= 0.3 is 0 Å². The van der Waals surface area contributed by atoms with Gasteiger partial charge in [-0.2, -0.15) is 0 Å². The monoisotopic (exact) mass is 287 g/mol. The van der Waals surface area contributed by atoms with Gasteiger partial charge in [0.15, 0.2) is 0 Å². The lowest BCUT2D eigenvalue weighted by atomic mass is 10.0. The van der Waals surface area contributed by atoms with Crippen LogP contribution >= 0.6 is 0 Å². The molecule has 1 aromatic carbocycles. The van der Waals surface area contributed by atoms with Gasteiger partial charge in [0.25, 0.3) is 0 Å². The SMILES string of the molecule is Cc1cc(N2CC(O)CC2c2cccc(F)c2)nc(C)n1. The Morgan fingerprint density at radius 1 is 1.24 bits per heavy atom. The molecule has 1 aliphatic rings. The molecule has 4 nitrogen and oxygen atoms in total.